The summed E-state index contributed by atoms with van der Waals surface area (Å²) in [5.41, 5.74) is 0.739. The van der Waals surface area contributed by atoms with Crippen LogP contribution in [0.3, 0.4) is 0 Å². The number of benzene rings is 1. The molecule has 0 amide bonds. The van der Waals surface area contributed by atoms with Crippen molar-refractivity contribution < 1.29 is 4.74 Å². The van der Waals surface area contributed by atoms with Crippen molar-refractivity contribution in [1.29, 1.82) is 0 Å². The Bertz CT molecular complexity index is 233. The largest absolute Gasteiger partial charge is 0.491 e. The lowest BCUT2D eigenvalue weighted by atomic mass is 9.96. The van der Waals surface area contributed by atoms with Gasteiger partial charge in [-0.25, -0.2) is 0 Å². The van der Waals surface area contributed by atoms with Crippen LogP contribution in [-0.4, -0.2) is 14.0 Å². The van der Waals surface area contributed by atoms with Gasteiger partial charge in [0.25, 0.3) is 0 Å². The normalized spacial score (nSPS) is 10.1. The second-order valence-electron chi connectivity index (χ2n) is 2.74. The summed E-state index contributed by atoms with van der Waals surface area (Å²) in [4.78, 5) is 0. The van der Waals surface area contributed by atoms with Gasteiger partial charge in [0.05, 0.1) is 6.10 Å². The fraction of sp³-hybridized carbons (Fsp3) is 0.333. The average molecular weight is 146 g/mol. The van der Waals surface area contributed by atoms with Gasteiger partial charge in [-0.15, -0.1) is 0 Å². The third-order valence-corrected chi connectivity index (χ3v) is 1.23. The Hall–Kier alpha value is -0.915. The van der Waals surface area contributed by atoms with E-state index in [1.165, 1.54) is 0 Å². The summed E-state index contributed by atoms with van der Waals surface area (Å²) < 4.78 is 5.42. The minimum atomic E-state index is 0.205. The van der Waals surface area contributed by atoms with Crippen LogP contribution in [0, 0.1) is 0 Å². The fourth-order valence-corrected chi connectivity index (χ4v) is 0.860. The molecule has 1 rings (SSSR count). The number of hydrogen-bond acceptors (Lipinski definition) is 1. The maximum atomic E-state index is 5.55. The monoisotopic (exact) mass is 146 g/mol. The molecule has 0 aromatic heterocycles. The molecule has 0 atom stereocenters. The molecular weight excluding hydrogens is 135 g/mol. The molecule has 1 aromatic rings. The van der Waals surface area contributed by atoms with Crippen LogP contribution in [0.5, 0.6) is 5.75 Å². The lowest BCUT2D eigenvalue weighted by Crippen LogP contribution is -2.08. The molecule has 0 heterocycles. The van der Waals surface area contributed by atoms with Gasteiger partial charge in [-0.1, -0.05) is 17.6 Å². The van der Waals surface area contributed by atoms with Gasteiger partial charge in [0.2, 0.25) is 0 Å². The second-order valence-corrected chi connectivity index (χ2v) is 2.74. The van der Waals surface area contributed by atoms with Gasteiger partial charge >= 0.3 is 0 Å². The zero-order valence-electron chi connectivity index (χ0n) is 6.87. The Morgan fingerprint density at radius 3 is 2.64 bits per heavy atom. The predicted octanol–water partition coefficient (Wildman–Crippen LogP) is 1.27. The van der Waals surface area contributed by atoms with E-state index >= 15 is 0 Å². The van der Waals surface area contributed by atoms with Gasteiger partial charge in [0, 0.05) is 0 Å². The molecule has 0 fully saturated rings. The molecule has 0 aliphatic carbocycles. The first-order valence-electron chi connectivity index (χ1n) is 3.70. The zero-order chi connectivity index (χ0) is 8.27. The van der Waals surface area contributed by atoms with Crippen molar-refractivity contribution in [2.24, 2.45) is 0 Å². The van der Waals surface area contributed by atoms with Crippen molar-refractivity contribution >= 4 is 13.3 Å². The van der Waals surface area contributed by atoms with Crippen LogP contribution < -0.4 is 10.2 Å². The van der Waals surface area contributed by atoms with Crippen LogP contribution >= 0.6 is 0 Å². The van der Waals surface area contributed by atoms with Crippen molar-refractivity contribution in [3.8, 4) is 5.75 Å². The molecule has 1 aromatic carbocycles. The summed E-state index contributed by atoms with van der Waals surface area (Å²) in [6.07, 6.45) is 0.205. The van der Waals surface area contributed by atoms with E-state index < -0.39 is 0 Å². The van der Waals surface area contributed by atoms with Gasteiger partial charge in [-0.05, 0) is 26.0 Å². The van der Waals surface area contributed by atoms with E-state index in [0.717, 1.165) is 11.2 Å². The summed E-state index contributed by atoms with van der Waals surface area (Å²) in [6.45, 7) is 3.98. The predicted molar refractivity (Wildman–Crippen MR) is 47.6 cm³/mol. The molecule has 0 saturated heterocycles. The van der Waals surface area contributed by atoms with Crippen LogP contribution in [0.1, 0.15) is 13.8 Å². The van der Waals surface area contributed by atoms with Gasteiger partial charge in [0.15, 0.2) is 0 Å². The zero-order valence-corrected chi connectivity index (χ0v) is 6.87. The summed E-state index contributed by atoms with van der Waals surface area (Å²) in [6, 6.07) is 7.44. The maximum absolute atomic E-state index is 5.55. The molecule has 2 radical (unpaired) electrons. The Kier molecular flexibility index (Phi) is 2.58. The van der Waals surface area contributed by atoms with E-state index in [4.69, 9.17) is 12.6 Å². The smallest absolute Gasteiger partial charge is 0.119 e. The van der Waals surface area contributed by atoms with E-state index in [1.807, 2.05) is 38.1 Å². The topological polar surface area (TPSA) is 9.23 Å². The first-order valence-corrected chi connectivity index (χ1v) is 3.70. The molecule has 0 spiro atoms. The molecule has 0 bridgehead atoms. The van der Waals surface area contributed by atoms with E-state index in [9.17, 15) is 0 Å². The molecule has 1 nitrogen and oxygen atoms in total. The second kappa shape index (κ2) is 3.47. The highest BCUT2D eigenvalue weighted by Crippen LogP contribution is 2.08. The van der Waals surface area contributed by atoms with Gasteiger partial charge in [-0.2, -0.15) is 0 Å². The van der Waals surface area contributed by atoms with Crippen LogP contribution in [0.25, 0.3) is 0 Å². The average Bonchev–Trinajstić information content (AvgIpc) is 1.85. The highest BCUT2D eigenvalue weighted by atomic mass is 16.5. The van der Waals surface area contributed by atoms with Crippen molar-refractivity contribution in [1.82, 2.24) is 0 Å². The van der Waals surface area contributed by atoms with Crippen LogP contribution in [0.15, 0.2) is 24.3 Å². The first-order chi connectivity index (χ1) is 5.18. The van der Waals surface area contributed by atoms with E-state index in [2.05, 4.69) is 0 Å². The molecule has 0 aliphatic rings. The van der Waals surface area contributed by atoms with Crippen molar-refractivity contribution in [2.45, 2.75) is 20.0 Å². The highest BCUT2D eigenvalue weighted by molar-refractivity contribution is 6.32. The summed E-state index contributed by atoms with van der Waals surface area (Å²) in [5, 5.41) is 0. The summed E-state index contributed by atoms with van der Waals surface area (Å²) in [7, 11) is 5.55. The Morgan fingerprint density at radius 1 is 1.36 bits per heavy atom. The molecule has 11 heavy (non-hydrogen) atoms. The molecule has 0 N–H and O–H groups in total. The first kappa shape index (κ1) is 8.18. The molecule has 0 aliphatic heterocycles. The molecule has 56 valence electrons. The van der Waals surface area contributed by atoms with Crippen molar-refractivity contribution in [3.63, 3.8) is 0 Å². The standard InChI is InChI=1S/C9H11BO/c1-7(2)11-9-5-3-4-8(10)6-9/h3-7H,1-2H3. The molecule has 0 unspecified atom stereocenters. The quantitative estimate of drug-likeness (QED) is 0.570. The van der Waals surface area contributed by atoms with Crippen molar-refractivity contribution in [3.05, 3.63) is 24.3 Å². The minimum absolute atomic E-state index is 0.205. The summed E-state index contributed by atoms with van der Waals surface area (Å²) >= 11 is 0. The van der Waals surface area contributed by atoms with E-state index in [0.29, 0.717) is 0 Å². The van der Waals surface area contributed by atoms with Gasteiger partial charge in [-0.3, -0.25) is 0 Å². The Labute approximate surface area is 68.8 Å². The summed E-state index contributed by atoms with van der Waals surface area (Å²) in [5.74, 6) is 0.833. The highest BCUT2D eigenvalue weighted by Gasteiger charge is 1.95. The third kappa shape index (κ3) is 2.66. The van der Waals surface area contributed by atoms with Crippen LogP contribution in [0.2, 0.25) is 0 Å². The molecule has 0 saturated carbocycles. The maximum Gasteiger partial charge on any atom is 0.119 e. The number of rotatable bonds is 2. The SMILES string of the molecule is [B]c1cccc(OC(C)C)c1. The Morgan fingerprint density at radius 2 is 2.09 bits per heavy atom. The van der Waals surface area contributed by atoms with Gasteiger partial charge in [0.1, 0.15) is 13.6 Å². The lowest BCUT2D eigenvalue weighted by molar-refractivity contribution is 0.242. The van der Waals surface area contributed by atoms with Crippen LogP contribution in [0.4, 0.5) is 0 Å². The Balaban J connectivity index is 2.71. The minimum Gasteiger partial charge on any atom is -0.491 e. The third-order valence-electron chi connectivity index (χ3n) is 1.23. The van der Waals surface area contributed by atoms with Gasteiger partial charge < -0.3 is 4.74 Å². The molecule has 2 heteroatoms. The van der Waals surface area contributed by atoms with Crippen LogP contribution in [-0.2, 0) is 0 Å². The lowest BCUT2D eigenvalue weighted by Gasteiger charge is -2.09. The van der Waals surface area contributed by atoms with E-state index in [1.54, 1.807) is 0 Å². The fourth-order valence-electron chi connectivity index (χ4n) is 0.860. The van der Waals surface area contributed by atoms with Crippen molar-refractivity contribution in [2.75, 3.05) is 0 Å². The number of hydrogen-bond donors (Lipinski definition) is 0. The van der Waals surface area contributed by atoms with E-state index in [-0.39, 0.29) is 6.10 Å². The number of ether oxygens (including phenoxy) is 1. The molecular formula is C9H11BO.